The summed E-state index contributed by atoms with van der Waals surface area (Å²) >= 11 is 0. The molecule has 34 heavy (non-hydrogen) atoms. The highest BCUT2D eigenvalue weighted by molar-refractivity contribution is 5.80. The smallest absolute Gasteiger partial charge is 0.157 e. The molecule has 1 saturated heterocycles. The second-order valence-electron chi connectivity index (χ2n) is 12.7. The molecule has 7 heteroatoms. The molecule has 0 amide bonds. The average Bonchev–Trinajstić information content (AvgIpc) is 3.06. The third-order valence-electron chi connectivity index (χ3n) is 11.3. The van der Waals surface area contributed by atoms with E-state index >= 15 is 0 Å². The number of rotatable bonds is 4. The molecule has 4 aliphatic carbocycles. The van der Waals surface area contributed by atoms with Crippen molar-refractivity contribution in [3.8, 4) is 0 Å². The Labute approximate surface area is 203 Å². The Morgan fingerprint density at radius 3 is 2.47 bits per heavy atom. The van der Waals surface area contributed by atoms with Crippen LogP contribution in [0.15, 0.2) is 0 Å². The number of fused-ring (bicyclic) bond motifs is 5. The van der Waals surface area contributed by atoms with Gasteiger partial charge in [0.15, 0.2) is 6.29 Å². The molecule has 4 saturated carbocycles. The maximum Gasteiger partial charge on any atom is 0.157 e. The van der Waals surface area contributed by atoms with Crippen molar-refractivity contribution >= 4 is 5.78 Å². The van der Waals surface area contributed by atoms with Gasteiger partial charge in [0.25, 0.3) is 0 Å². The second kappa shape index (κ2) is 8.77. The van der Waals surface area contributed by atoms with Crippen molar-refractivity contribution in [2.75, 3.05) is 6.61 Å². The van der Waals surface area contributed by atoms with E-state index in [9.17, 15) is 25.2 Å². The van der Waals surface area contributed by atoms with Gasteiger partial charge in [0.05, 0.1) is 24.4 Å². The Bertz CT molecular complexity index is 789. The number of aliphatic hydroxyl groups excluding tert-OH is 3. The fourth-order valence-electron chi connectivity index (χ4n) is 9.29. The minimum atomic E-state index is -1.07. The fourth-order valence-corrected chi connectivity index (χ4v) is 9.29. The molecule has 0 aromatic carbocycles. The minimum absolute atomic E-state index is 0.0116. The van der Waals surface area contributed by atoms with Gasteiger partial charge in [-0.25, -0.2) is 0 Å². The number of ether oxygens (including phenoxy) is 2. The molecule has 5 fully saturated rings. The van der Waals surface area contributed by atoms with E-state index in [0.29, 0.717) is 11.8 Å². The molecule has 0 radical (unpaired) electrons. The van der Waals surface area contributed by atoms with Gasteiger partial charge in [-0.15, -0.1) is 0 Å². The van der Waals surface area contributed by atoms with Gasteiger partial charge >= 0.3 is 0 Å². The van der Waals surface area contributed by atoms with Gasteiger partial charge < -0.3 is 29.9 Å². The van der Waals surface area contributed by atoms with Crippen LogP contribution in [0.3, 0.4) is 0 Å². The molecule has 4 N–H and O–H groups in total. The molecule has 12 atom stereocenters. The van der Waals surface area contributed by atoms with Crippen molar-refractivity contribution in [2.24, 2.45) is 34.5 Å². The van der Waals surface area contributed by atoms with Gasteiger partial charge in [-0.2, -0.15) is 0 Å². The van der Waals surface area contributed by atoms with Crippen molar-refractivity contribution < 1.29 is 34.7 Å². The van der Waals surface area contributed by atoms with E-state index in [2.05, 4.69) is 13.8 Å². The predicted molar refractivity (Wildman–Crippen MR) is 125 cm³/mol. The van der Waals surface area contributed by atoms with Crippen molar-refractivity contribution in [3.63, 3.8) is 0 Å². The van der Waals surface area contributed by atoms with Gasteiger partial charge in [0.1, 0.15) is 18.0 Å². The summed E-state index contributed by atoms with van der Waals surface area (Å²) in [6, 6.07) is 0. The van der Waals surface area contributed by atoms with E-state index in [1.165, 1.54) is 0 Å². The zero-order valence-corrected chi connectivity index (χ0v) is 21.0. The first kappa shape index (κ1) is 25.1. The van der Waals surface area contributed by atoms with E-state index in [1.54, 1.807) is 6.92 Å². The highest BCUT2D eigenvalue weighted by atomic mass is 16.6. The van der Waals surface area contributed by atoms with Crippen LogP contribution in [-0.4, -0.2) is 69.1 Å². The lowest BCUT2D eigenvalue weighted by molar-refractivity contribution is -0.249. The third-order valence-corrected chi connectivity index (χ3v) is 11.3. The molecule has 1 aliphatic heterocycles. The third kappa shape index (κ3) is 3.72. The monoisotopic (exact) mass is 480 g/mol. The van der Waals surface area contributed by atoms with E-state index in [4.69, 9.17) is 9.47 Å². The van der Waals surface area contributed by atoms with Crippen LogP contribution in [0, 0.1) is 34.5 Å². The predicted octanol–water partition coefficient (Wildman–Crippen LogP) is 2.56. The van der Waals surface area contributed by atoms with Crippen LogP contribution in [0.1, 0.15) is 85.0 Å². The molecule has 1 heterocycles. The highest BCUT2D eigenvalue weighted by Crippen LogP contribution is 2.69. The SMILES string of the molecule is CC(=O)C1CCC2(O)C3CCC4CC(OCC5OC(O)CC(O)C5O)CCC4(C)C3CCC12C. The molecular formula is C27H44O7. The summed E-state index contributed by atoms with van der Waals surface area (Å²) in [7, 11) is 0. The first-order valence-corrected chi connectivity index (χ1v) is 13.5. The quantitative estimate of drug-likeness (QED) is 0.489. The number of aliphatic hydroxyl groups is 4. The van der Waals surface area contributed by atoms with Crippen LogP contribution in [0.2, 0.25) is 0 Å². The summed E-state index contributed by atoms with van der Waals surface area (Å²) in [6.07, 6.45) is 4.86. The maximum absolute atomic E-state index is 12.4. The van der Waals surface area contributed by atoms with Crippen molar-refractivity contribution in [1.82, 2.24) is 0 Å². The molecular weight excluding hydrogens is 436 g/mol. The average molecular weight is 481 g/mol. The van der Waals surface area contributed by atoms with Gasteiger partial charge in [0.2, 0.25) is 0 Å². The molecule has 5 rings (SSSR count). The van der Waals surface area contributed by atoms with Crippen molar-refractivity contribution in [1.29, 1.82) is 0 Å². The standard InChI is InChI=1S/C27H44O7/c1-15(28)18-8-11-27(32)20-5-4-16-12-17(33-14-22-24(31)21(29)13-23(30)34-22)6-9-25(16,2)19(20)7-10-26(18,27)3/h16-24,29-32H,4-14H2,1-3H3. The Balaban J connectivity index is 1.25. The van der Waals surface area contributed by atoms with Crippen LogP contribution < -0.4 is 0 Å². The number of carbonyl (C=O) groups is 1. The molecule has 0 aromatic heterocycles. The fraction of sp³-hybridized carbons (Fsp3) is 0.963. The lowest BCUT2D eigenvalue weighted by Crippen LogP contribution is -2.62. The zero-order valence-electron chi connectivity index (χ0n) is 21.0. The first-order valence-electron chi connectivity index (χ1n) is 13.5. The largest absolute Gasteiger partial charge is 0.390 e. The Morgan fingerprint density at radius 1 is 0.971 bits per heavy atom. The summed E-state index contributed by atoms with van der Waals surface area (Å²) in [5, 5.41) is 42.0. The van der Waals surface area contributed by atoms with Crippen LogP contribution in [-0.2, 0) is 14.3 Å². The molecule has 0 bridgehead atoms. The van der Waals surface area contributed by atoms with Crippen LogP contribution in [0.4, 0.5) is 0 Å². The Morgan fingerprint density at radius 2 is 1.74 bits per heavy atom. The molecule has 0 aromatic rings. The molecule has 12 unspecified atom stereocenters. The van der Waals surface area contributed by atoms with Gasteiger partial charge in [-0.3, -0.25) is 4.79 Å². The van der Waals surface area contributed by atoms with Crippen LogP contribution >= 0.6 is 0 Å². The molecule has 194 valence electrons. The number of hydrogen-bond acceptors (Lipinski definition) is 7. The van der Waals surface area contributed by atoms with E-state index < -0.39 is 30.2 Å². The van der Waals surface area contributed by atoms with Crippen molar-refractivity contribution in [2.45, 2.75) is 121 Å². The number of ketones is 1. The summed E-state index contributed by atoms with van der Waals surface area (Å²) in [5.41, 5.74) is -0.857. The topological polar surface area (TPSA) is 116 Å². The second-order valence-corrected chi connectivity index (χ2v) is 12.7. The number of carbonyl (C=O) groups excluding carboxylic acids is 1. The van der Waals surface area contributed by atoms with Gasteiger partial charge in [-0.05, 0) is 87.9 Å². The van der Waals surface area contributed by atoms with Gasteiger partial charge in [-0.1, -0.05) is 13.8 Å². The summed E-state index contributed by atoms with van der Waals surface area (Å²) < 4.78 is 11.6. The number of hydrogen-bond donors (Lipinski definition) is 4. The minimum Gasteiger partial charge on any atom is -0.390 e. The van der Waals surface area contributed by atoms with Gasteiger partial charge in [0, 0.05) is 17.8 Å². The Kier molecular flexibility index (Phi) is 6.48. The van der Waals surface area contributed by atoms with Crippen LogP contribution in [0.25, 0.3) is 0 Å². The van der Waals surface area contributed by atoms with E-state index in [-0.39, 0.29) is 47.6 Å². The van der Waals surface area contributed by atoms with E-state index in [1.807, 2.05) is 0 Å². The molecule has 7 nitrogen and oxygen atoms in total. The lowest BCUT2D eigenvalue weighted by atomic mass is 9.43. The number of Topliss-reactive ketones (excluding diaryl/α,β-unsaturated/α-hetero) is 1. The van der Waals surface area contributed by atoms with Crippen molar-refractivity contribution in [3.05, 3.63) is 0 Å². The molecule has 5 aliphatic rings. The summed E-state index contributed by atoms with van der Waals surface area (Å²) in [4.78, 5) is 12.4. The normalized spacial score (nSPS) is 55.2. The summed E-state index contributed by atoms with van der Waals surface area (Å²) in [6.45, 7) is 6.47. The lowest BCUT2D eigenvalue weighted by Gasteiger charge is -2.63. The molecule has 0 spiro atoms. The Hall–Kier alpha value is -0.570. The zero-order chi connectivity index (χ0) is 24.5. The van der Waals surface area contributed by atoms with E-state index in [0.717, 1.165) is 57.8 Å². The maximum atomic E-state index is 12.4. The first-order chi connectivity index (χ1) is 16.0. The summed E-state index contributed by atoms with van der Waals surface area (Å²) in [5.74, 6) is 1.50. The van der Waals surface area contributed by atoms with Crippen LogP contribution in [0.5, 0.6) is 0 Å². The highest BCUT2D eigenvalue weighted by Gasteiger charge is 2.67.